The van der Waals surface area contributed by atoms with Gasteiger partial charge in [-0.15, -0.1) is 0 Å². The van der Waals surface area contributed by atoms with E-state index >= 15 is 0 Å². The summed E-state index contributed by atoms with van der Waals surface area (Å²) in [6, 6.07) is 0. The second-order valence-corrected chi connectivity index (χ2v) is 20.7. The predicted molar refractivity (Wildman–Crippen MR) is 98.3 cm³/mol. The lowest BCUT2D eigenvalue weighted by Crippen LogP contribution is -2.37. The molecule has 0 aromatic heterocycles. The molecule has 0 spiro atoms. The van der Waals surface area contributed by atoms with Crippen molar-refractivity contribution in [2.24, 2.45) is 0 Å². The van der Waals surface area contributed by atoms with Crippen LogP contribution >= 0.6 is 0 Å². The van der Waals surface area contributed by atoms with Crippen molar-refractivity contribution < 1.29 is 45.5 Å². The molecule has 0 saturated heterocycles. The maximum Gasteiger partial charge on any atom is 0.390 e. The Morgan fingerprint density at radius 2 is 1.08 bits per heavy atom. The molecule has 26 heavy (non-hydrogen) atoms. The Kier molecular flexibility index (Phi) is 9.08. The maximum absolute atomic E-state index is 11.9. The summed E-state index contributed by atoms with van der Waals surface area (Å²) in [5.74, 6) is 0. The fourth-order valence-corrected chi connectivity index (χ4v) is 7.70. The Morgan fingerprint density at radius 1 is 0.692 bits per heavy atom. The Morgan fingerprint density at radius 3 is 1.46 bits per heavy atom. The van der Waals surface area contributed by atoms with Gasteiger partial charge in [-0.1, -0.05) is 0 Å². The second-order valence-electron chi connectivity index (χ2n) is 7.20. The molecule has 0 aromatic carbocycles. The van der Waals surface area contributed by atoms with Gasteiger partial charge in [0.25, 0.3) is 10.1 Å². The Hall–Kier alpha value is 0.0838. The van der Waals surface area contributed by atoms with E-state index in [0.29, 0.717) is 0 Å². The average molecular weight is 475 g/mol. The van der Waals surface area contributed by atoms with Crippen LogP contribution in [0.15, 0.2) is 0 Å². The fourth-order valence-electron chi connectivity index (χ4n) is 1.29. The molecule has 0 N–H and O–H groups in total. The minimum atomic E-state index is -4.53. The SMILES string of the molecule is C[Si](C)(C)OS(=O)(=O)OCC(COS(C)(=O)=O)OS(=O)(=O)O[Si](C)(C)C. The first kappa shape index (κ1) is 26.1. The summed E-state index contributed by atoms with van der Waals surface area (Å²) >= 11 is 0. The standard InChI is InChI=1S/C10H26O11S3Si2/c1-22(11,12)17-8-10(19-24(15,16)21-26(5,6)7)9-18-23(13,14)20-25(2,3)4/h10H,8-9H2,1-7H3. The van der Waals surface area contributed by atoms with E-state index in [0.717, 1.165) is 6.26 Å². The number of hydrogen-bond acceptors (Lipinski definition) is 11. The number of rotatable bonds is 12. The van der Waals surface area contributed by atoms with Crippen molar-refractivity contribution in [3.05, 3.63) is 0 Å². The van der Waals surface area contributed by atoms with Crippen LogP contribution in [0.2, 0.25) is 39.3 Å². The van der Waals surface area contributed by atoms with Crippen LogP contribution in [0.1, 0.15) is 0 Å². The molecule has 0 radical (unpaired) electrons. The Balaban J connectivity index is 5.18. The molecular weight excluding hydrogens is 448 g/mol. The molecule has 1 atom stereocenters. The third-order valence-electron chi connectivity index (χ3n) is 1.82. The summed E-state index contributed by atoms with van der Waals surface area (Å²) in [4.78, 5) is 0. The largest absolute Gasteiger partial charge is 0.390 e. The third-order valence-corrected chi connectivity index (χ3v) is 8.95. The first-order chi connectivity index (χ1) is 11.2. The van der Waals surface area contributed by atoms with E-state index in [1.54, 1.807) is 39.3 Å². The highest BCUT2D eigenvalue weighted by atomic mass is 32.3. The molecule has 158 valence electrons. The lowest BCUT2D eigenvalue weighted by atomic mass is 10.4. The highest BCUT2D eigenvalue weighted by Gasteiger charge is 2.31. The molecular formula is C10H26O11S3Si2. The minimum absolute atomic E-state index is 0.739. The maximum atomic E-state index is 11.9. The molecule has 11 nitrogen and oxygen atoms in total. The van der Waals surface area contributed by atoms with Crippen LogP contribution in [0.25, 0.3) is 0 Å². The molecule has 0 aliphatic carbocycles. The van der Waals surface area contributed by atoms with E-state index < -0.39 is 66.9 Å². The molecule has 0 aromatic rings. The van der Waals surface area contributed by atoms with Crippen molar-refractivity contribution in [3.63, 3.8) is 0 Å². The molecule has 16 heteroatoms. The molecule has 0 aliphatic rings. The monoisotopic (exact) mass is 474 g/mol. The average Bonchev–Trinajstić information content (AvgIpc) is 2.25. The topological polar surface area (TPSA) is 149 Å². The first-order valence-corrected chi connectivity index (χ1v) is 18.6. The molecule has 0 saturated carbocycles. The Labute approximate surface area is 158 Å². The molecule has 0 amide bonds. The van der Waals surface area contributed by atoms with Crippen molar-refractivity contribution in [1.82, 2.24) is 0 Å². The van der Waals surface area contributed by atoms with Crippen LogP contribution in [-0.2, 0) is 51.2 Å². The van der Waals surface area contributed by atoms with E-state index in [9.17, 15) is 25.3 Å². The molecule has 0 fully saturated rings. The van der Waals surface area contributed by atoms with Crippen LogP contribution in [0.3, 0.4) is 0 Å². The highest BCUT2D eigenvalue weighted by Crippen LogP contribution is 2.15. The van der Waals surface area contributed by atoms with E-state index in [1.165, 1.54) is 0 Å². The zero-order chi connectivity index (χ0) is 21.0. The molecule has 0 aliphatic heterocycles. The van der Waals surface area contributed by atoms with Crippen LogP contribution in [0, 0.1) is 0 Å². The van der Waals surface area contributed by atoms with Gasteiger partial charge in [-0.25, -0.2) is 8.37 Å². The van der Waals surface area contributed by atoms with Crippen molar-refractivity contribution in [2.75, 3.05) is 19.5 Å². The van der Waals surface area contributed by atoms with Gasteiger partial charge in [0.1, 0.15) is 6.10 Å². The van der Waals surface area contributed by atoms with Gasteiger partial charge in [-0.3, -0.25) is 11.9 Å². The van der Waals surface area contributed by atoms with Crippen LogP contribution < -0.4 is 0 Å². The van der Waals surface area contributed by atoms with Crippen molar-refractivity contribution in [3.8, 4) is 0 Å². The Bertz CT molecular complexity index is 760. The summed E-state index contributed by atoms with van der Waals surface area (Å²) in [5, 5.41) is 0. The molecule has 0 bridgehead atoms. The van der Waals surface area contributed by atoms with Gasteiger partial charge in [-0.2, -0.15) is 25.3 Å². The van der Waals surface area contributed by atoms with Crippen molar-refractivity contribution in [2.45, 2.75) is 45.4 Å². The summed E-state index contributed by atoms with van der Waals surface area (Å²) in [5.41, 5.74) is 0. The van der Waals surface area contributed by atoms with Crippen LogP contribution in [-0.4, -0.2) is 67.5 Å². The molecule has 0 rings (SSSR count). The zero-order valence-electron chi connectivity index (χ0n) is 15.7. The lowest BCUT2D eigenvalue weighted by Gasteiger charge is -2.21. The molecule has 0 heterocycles. The fraction of sp³-hybridized carbons (Fsp3) is 1.00. The summed E-state index contributed by atoms with van der Waals surface area (Å²) < 4.78 is 92.9. The quantitative estimate of drug-likeness (QED) is 0.288. The van der Waals surface area contributed by atoms with Gasteiger partial charge < -0.3 is 0 Å². The summed E-state index contributed by atoms with van der Waals surface area (Å²) in [6.45, 7) is 7.89. The van der Waals surface area contributed by atoms with E-state index in [-0.39, 0.29) is 0 Å². The van der Waals surface area contributed by atoms with Crippen molar-refractivity contribution in [1.29, 1.82) is 0 Å². The van der Waals surface area contributed by atoms with E-state index in [2.05, 4.69) is 8.37 Å². The van der Waals surface area contributed by atoms with Crippen LogP contribution in [0.4, 0.5) is 0 Å². The highest BCUT2D eigenvalue weighted by molar-refractivity contribution is 7.86. The van der Waals surface area contributed by atoms with Crippen LogP contribution in [0.5, 0.6) is 0 Å². The van der Waals surface area contributed by atoms with Gasteiger partial charge in [0.05, 0.1) is 19.5 Å². The van der Waals surface area contributed by atoms with Gasteiger partial charge in [-0.05, 0) is 39.3 Å². The van der Waals surface area contributed by atoms with E-state index in [4.69, 9.17) is 11.9 Å². The lowest BCUT2D eigenvalue weighted by molar-refractivity contribution is 0.0772. The normalized spacial score (nSPS) is 15.8. The number of hydrogen-bond donors (Lipinski definition) is 0. The second kappa shape index (κ2) is 9.06. The van der Waals surface area contributed by atoms with Gasteiger partial charge >= 0.3 is 20.8 Å². The van der Waals surface area contributed by atoms with Gasteiger partial charge in [0.2, 0.25) is 16.6 Å². The third kappa shape index (κ3) is 15.2. The summed E-state index contributed by atoms with van der Waals surface area (Å²) in [6.07, 6.45) is -0.852. The molecule has 1 unspecified atom stereocenters. The minimum Gasteiger partial charge on any atom is -0.294 e. The predicted octanol–water partition coefficient (Wildman–Crippen LogP) is 0.557. The first-order valence-electron chi connectivity index (χ1n) is 7.28. The smallest absolute Gasteiger partial charge is 0.294 e. The van der Waals surface area contributed by atoms with E-state index in [1.807, 2.05) is 0 Å². The van der Waals surface area contributed by atoms with Crippen molar-refractivity contribution >= 4 is 47.6 Å². The van der Waals surface area contributed by atoms with Gasteiger partial charge in [0.15, 0.2) is 0 Å². The van der Waals surface area contributed by atoms with Gasteiger partial charge in [0, 0.05) is 0 Å². The zero-order valence-corrected chi connectivity index (χ0v) is 20.2. The summed E-state index contributed by atoms with van der Waals surface area (Å²) in [7, 11) is -18.0.